The predicted molar refractivity (Wildman–Crippen MR) is 78.7 cm³/mol. The van der Waals surface area contributed by atoms with Crippen molar-refractivity contribution in [2.75, 3.05) is 10.1 Å². The van der Waals surface area contributed by atoms with E-state index in [1.807, 2.05) is 0 Å². The summed E-state index contributed by atoms with van der Waals surface area (Å²) in [5.41, 5.74) is 3.92. The number of aromatic nitrogens is 1. The van der Waals surface area contributed by atoms with Crippen molar-refractivity contribution < 1.29 is 12.8 Å². The average Bonchev–Trinajstić information content (AvgIpc) is 2.40. The van der Waals surface area contributed by atoms with Crippen LogP contribution in [0.25, 0.3) is 0 Å². The van der Waals surface area contributed by atoms with Gasteiger partial charge in [-0.05, 0) is 43.2 Å². The molecule has 0 saturated heterocycles. The van der Waals surface area contributed by atoms with Gasteiger partial charge < -0.3 is 5.43 Å². The Morgan fingerprint density at radius 2 is 1.86 bits per heavy atom. The zero-order valence-electron chi connectivity index (χ0n) is 11.5. The minimum Gasteiger partial charge on any atom is -0.324 e. The molecule has 1 aromatic carbocycles. The summed E-state index contributed by atoms with van der Waals surface area (Å²) in [6.07, 6.45) is 2.25. The van der Waals surface area contributed by atoms with Gasteiger partial charge in [0.05, 0.1) is 16.8 Å². The molecule has 2 aromatic rings. The monoisotopic (exact) mass is 310 g/mol. The van der Waals surface area contributed by atoms with Crippen molar-refractivity contribution in [3.05, 3.63) is 47.5 Å². The van der Waals surface area contributed by atoms with E-state index in [2.05, 4.69) is 15.1 Å². The Balaban J connectivity index is 2.48. The number of rotatable bonds is 4. The van der Waals surface area contributed by atoms with Crippen LogP contribution >= 0.6 is 0 Å². The number of nitrogens with one attached hydrogen (secondary N) is 2. The molecular formula is C13H15FN4O2S. The highest BCUT2D eigenvalue weighted by atomic mass is 32.2. The Morgan fingerprint density at radius 3 is 2.38 bits per heavy atom. The maximum Gasteiger partial charge on any atom is 0.262 e. The molecule has 0 atom stereocenters. The number of pyridine rings is 1. The van der Waals surface area contributed by atoms with E-state index in [9.17, 15) is 12.8 Å². The maximum absolute atomic E-state index is 13.5. The summed E-state index contributed by atoms with van der Waals surface area (Å²) in [7, 11) is -3.91. The molecule has 0 aliphatic carbocycles. The first-order valence-corrected chi connectivity index (χ1v) is 7.53. The molecule has 1 heterocycles. The van der Waals surface area contributed by atoms with Gasteiger partial charge in [-0.1, -0.05) is 0 Å². The van der Waals surface area contributed by atoms with E-state index >= 15 is 0 Å². The molecule has 1 aromatic heterocycles. The molecule has 0 amide bonds. The first-order valence-electron chi connectivity index (χ1n) is 6.05. The molecule has 0 bridgehead atoms. The average molecular weight is 310 g/mol. The summed E-state index contributed by atoms with van der Waals surface area (Å²) in [4.78, 5) is 3.67. The Labute approximate surface area is 122 Å². The summed E-state index contributed by atoms with van der Waals surface area (Å²) >= 11 is 0. The summed E-state index contributed by atoms with van der Waals surface area (Å²) in [6.45, 7) is 3.29. The van der Waals surface area contributed by atoms with Gasteiger partial charge in [0.2, 0.25) is 0 Å². The van der Waals surface area contributed by atoms with Crippen LogP contribution in [0, 0.1) is 19.7 Å². The second kappa shape index (κ2) is 5.66. The largest absolute Gasteiger partial charge is 0.324 e. The molecule has 8 heteroatoms. The van der Waals surface area contributed by atoms with Gasteiger partial charge in [-0.2, -0.15) is 0 Å². The number of hydrazine groups is 1. The fourth-order valence-corrected chi connectivity index (χ4v) is 3.63. The highest BCUT2D eigenvalue weighted by Crippen LogP contribution is 2.26. The van der Waals surface area contributed by atoms with Gasteiger partial charge in [0.25, 0.3) is 10.0 Å². The van der Waals surface area contributed by atoms with Crippen LogP contribution in [0.2, 0.25) is 0 Å². The summed E-state index contributed by atoms with van der Waals surface area (Å²) < 4.78 is 40.7. The van der Waals surface area contributed by atoms with E-state index in [0.29, 0.717) is 16.8 Å². The van der Waals surface area contributed by atoms with Gasteiger partial charge in [-0.3, -0.25) is 15.5 Å². The zero-order chi connectivity index (χ0) is 15.6. The lowest BCUT2D eigenvalue weighted by Crippen LogP contribution is -2.17. The molecular weight excluding hydrogens is 295 g/mol. The number of anilines is 2. The Kier molecular flexibility index (Phi) is 4.10. The third kappa shape index (κ3) is 3.11. The van der Waals surface area contributed by atoms with Crippen molar-refractivity contribution in [2.24, 2.45) is 5.84 Å². The lowest BCUT2D eigenvalue weighted by atomic mass is 10.1. The molecule has 6 nitrogen and oxygen atoms in total. The molecule has 0 spiro atoms. The zero-order valence-corrected chi connectivity index (χ0v) is 12.3. The van der Waals surface area contributed by atoms with Gasteiger partial charge in [0.1, 0.15) is 0 Å². The minimum absolute atomic E-state index is 0.0951. The molecule has 0 unspecified atom stereocenters. The quantitative estimate of drug-likeness (QED) is 0.592. The first kappa shape index (κ1) is 15.2. The number of hydrogen-bond donors (Lipinski definition) is 3. The number of nitrogens with two attached hydrogens (primary N) is 1. The van der Waals surface area contributed by atoms with Crippen LogP contribution in [0.15, 0.2) is 35.5 Å². The number of aryl methyl sites for hydroxylation is 2. The number of nitrogens with zero attached hydrogens (tertiary/aromatic N) is 1. The van der Waals surface area contributed by atoms with Crippen molar-refractivity contribution >= 4 is 21.4 Å². The lowest BCUT2D eigenvalue weighted by Gasteiger charge is -2.14. The first-order chi connectivity index (χ1) is 9.85. The number of sulfonamides is 1. The van der Waals surface area contributed by atoms with Gasteiger partial charge >= 0.3 is 0 Å². The Morgan fingerprint density at radius 1 is 1.24 bits per heavy atom. The summed E-state index contributed by atoms with van der Waals surface area (Å²) in [5.74, 6) is 4.58. The van der Waals surface area contributed by atoms with Crippen LogP contribution in [0.5, 0.6) is 0 Å². The molecule has 2 rings (SSSR count). The van der Waals surface area contributed by atoms with Crippen molar-refractivity contribution in [3.63, 3.8) is 0 Å². The van der Waals surface area contributed by atoms with E-state index in [1.165, 1.54) is 12.3 Å². The van der Waals surface area contributed by atoms with Crippen molar-refractivity contribution in [1.82, 2.24) is 4.98 Å². The van der Waals surface area contributed by atoms with E-state index in [1.54, 1.807) is 26.0 Å². The molecule has 112 valence electrons. The number of halogens is 1. The van der Waals surface area contributed by atoms with Crippen LogP contribution in [0.3, 0.4) is 0 Å². The van der Waals surface area contributed by atoms with E-state index in [-0.39, 0.29) is 10.6 Å². The maximum atomic E-state index is 13.5. The van der Waals surface area contributed by atoms with Crippen molar-refractivity contribution in [3.8, 4) is 0 Å². The minimum atomic E-state index is -3.91. The third-order valence-electron chi connectivity index (χ3n) is 2.91. The predicted octanol–water partition coefficient (Wildman–Crippen LogP) is 1.92. The summed E-state index contributed by atoms with van der Waals surface area (Å²) in [5, 5.41) is 0. The Hall–Kier alpha value is -2.19. The van der Waals surface area contributed by atoms with Crippen molar-refractivity contribution in [2.45, 2.75) is 18.7 Å². The van der Waals surface area contributed by atoms with E-state index < -0.39 is 15.8 Å². The smallest absolute Gasteiger partial charge is 0.262 e. The molecule has 0 aliphatic heterocycles. The SMILES string of the molecule is Cc1cc(NN)cc(C)c1S(=O)(=O)Nc1ccncc1F. The van der Waals surface area contributed by atoms with Gasteiger partial charge in [-0.25, -0.2) is 12.8 Å². The third-order valence-corrected chi connectivity index (χ3v) is 4.58. The lowest BCUT2D eigenvalue weighted by molar-refractivity contribution is 0.597. The fraction of sp³-hybridized carbons (Fsp3) is 0.154. The molecule has 21 heavy (non-hydrogen) atoms. The number of nitrogen functional groups attached to an aromatic ring is 1. The normalized spacial score (nSPS) is 11.2. The molecule has 0 radical (unpaired) electrons. The summed E-state index contributed by atoms with van der Waals surface area (Å²) in [6, 6.07) is 4.46. The van der Waals surface area contributed by atoms with Gasteiger partial charge in [0, 0.05) is 11.9 Å². The number of hydrogen-bond acceptors (Lipinski definition) is 5. The molecule has 0 aliphatic rings. The fourth-order valence-electron chi connectivity index (χ4n) is 2.11. The van der Waals surface area contributed by atoms with E-state index in [0.717, 1.165) is 6.20 Å². The molecule has 4 N–H and O–H groups in total. The van der Waals surface area contributed by atoms with Crippen LogP contribution < -0.4 is 16.0 Å². The van der Waals surface area contributed by atoms with Crippen molar-refractivity contribution in [1.29, 1.82) is 0 Å². The molecule has 0 saturated carbocycles. The van der Waals surface area contributed by atoms with Gasteiger partial charge in [-0.15, -0.1) is 0 Å². The second-order valence-corrected chi connectivity index (χ2v) is 6.16. The topological polar surface area (TPSA) is 97.1 Å². The Bertz CT molecular complexity index is 754. The van der Waals surface area contributed by atoms with Crippen LogP contribution in [0.1, 0.15) is 11.1 Å². The standard InChI is InChI=1S/C13H15FN4O2S/c1-8-5-10(17-15)6-9(2)13(8)21(19,20)18-12-3-4-16-7-11(12)14/h3-7,17H,15H2,1-2H3,(H,16,18). The van der Waals surface area contributed by atoms with Crippen LogP contribution in [-0.4, -0.2) is 13.4 Å². The van der Waals surface area contributed by atoms with Crippen LogP contribution in [0.4, 0.5) is 15.8 Å². The molecule has 0 fully saturated rings. The highest BCUT2D eigenvalue weighted by molar-refractivity contribution is 7.92. The number of benzene rings is 1. The van der Waals surface area contributed by atoms with Crippen LogP contribution in [-0.2, 0) is 10.0 Å². The second-order valence-electron chi connectivity index (χ2n) is 4.54. The highest BCUT2D eigenvalue weighted by Gasteiger charge is 2.21. The van der Waals surface area contributed by atoms with Gasteiger partial charge in [0.15, 0.2) is 5.82 Å². The van der Waals surface area contributed by atoms with E-state index in [4.69, 9.17) is 5.84 Å².